The monoisotopic (exact) mass is 1100 g/mol. The summed E-state index contributed by atoms with van der Waals surface area (Å²) in [4.78, 5) is 25.5. The van der Waals surface area contributed by atoms with Crippen molar-refractivity contribution in [2.45, 2.75) is 279 Å². The largest absolute Gasteiger partial charge is 0.462 e. The van der Waals surface area contributed by atoms with Crippen molar-refractivity contribution in [3.8, 4) is 0 Å². The fourth-order valence-electron chi connectivity index (χ4n) is 15.2. The number of carbonyl (C=O) groups is 2. The maximum atomic E-state index is 13.0. The second-order valence-electron chi connectivity index (χ2n) is 24.1. The van der Waals surface area contributed by atoms with E-state index < -0.39 is 182 Å². The van der Waals surface area contributed by atoms with Crippen LogP contribution >= 0.6 is 0 Å². The third kappa shape index (κ3) is 10.9. The molecule has 5 heterocycles. The zero-order valence-corrected chi connectivity index (χ0v) is 45.7. The molecule has 9 aliphatic rings. The average molecular weight is 1100 g/mol. The van der Waals surface area contributed by atoms with Gasteiger partial charge in [-0.25, -0.2) is 0 Å². The number of aliphatic hydroxyl groups excluding tert-OH is 7. The summed E-state index contributed by atoms with van der Waals surface area (Å²) in [6.45, 7) is 13.0. The van der Waals surface area contributed by atoms with Crippen molar-refractivity contribution < 1.29 is 112 Å². The lowest BCUT2D eigenvalue weighted by Crippen LogP contribution is -2.75. The van der Waals surface area contributed by atoms with E-state index in [2.05, 4.69) is 6.92 Å². The molecule has 0 bridgehead atoms. The van der Waals surface area contributed by atoms with E-state index in [1.54, 1.807) is 34.6 Å². The molecule has 9 rings (SSSR count). The smallest absolute Gasteiger partial charge is 0.302 e. The highest BCUT2D eigenvalue weighted by Crippen LogP contribution is 2.70. The van der Waals surface area contributed by atoms with E-state index in [9.17, 15) is 55.5 Å². The first-order chi connectivity index (χ1) is 36.3. The molecule has 9 N–H and O–H groups in total. The minimum atomic E-state index is -1.66. The number of methoxy groups -OCH3 is 1. The van der Waals surface area contributed by atoms with Crippen molar-refractivity contribution in [1.29, 1.82) is 0 Å². The molecule has 0 spiro atoms. The number of carbonyl (C=O) groups excluding carboxylic acids is 2. The number of hydrogen-bond acceptors (Lipinski definition) is 23. The highest BCUT2D eigenvalue weighted by atomic mass is 16.8. The number of ether oxygens (including phenoxy) is 12. The molecule has 29 atom stereocenters. The van der Waals surface area contributed by atoms with Crippen LogP contribution in [-0.4, -0.2) is 224 Å². The van der Waals surface area contributed by atoms with Gasteiger partial charge in [0.15, 0.2) is 31.5 Å². The number of aliphatic hydroxyl groups is 9. The van der Waals surface area contributed by atoms with E-state index in [0.717, 1.165) is 5.57 Å². The summed E-state index contributed by atoms with van der Waals surface area (Å²) in [5.74, 6) is -1.62. The average Bonchev–Trinajstić information content (AvgIpc) is 3.98. The van der Waals surface area contributed by atoms with Gasteiger partial charge in [0.1, 0.15) is 71.9 Å². The molecule has 440 valence electrons. The van der Waals surface area contributed by atoms with Crippen molar-refractivity contribution in [1.82, 2.24) is 0 Å². The van der Waals surface area contributed by atoms with Gasteiger partial charge in [-0.2, -0.15) is 0 Å². The Morgan fingerprint density at radius 2 is 1.17 bits per heavy atom. The van der Waals surface area contributed by atoms with Crippen LogP contribution in [0.4, 0.5) is 0 Å². The van der Waals surface area contributed by atoms with Crippen LogP contribution in [-0.2, 0) is 66.4 Å². The summed E-state index contributed by atoms with van der Waals surface area (Å²) in [6.07, 6.45) is -16.7. The molecule has 5 aliphatic heterocycles. The topological polar surface area (TPSA) is 327 Å². The molecule has 23 heteroatoms. The number of esters is 1. The van der Waals surface area contributed by atoms with Crippen molar-refractivity contribution in [3.63, 3.8) is 0 Å². The third-order valence-electron chi connectivity index (χ3n) is 19.5. The summed E-state index contributed by atoms with van der Waals surface area (Å²) in [5, 5.41) is 100. The number of fused-ring (bicyclic) bond motifs is 5. The van der Waals surface area contributed by atoms with Crippen LogP contribution in [0.2, 0.25) is 0 Å². The van der Waals surface area contributed by atoms with Gasteiger partial charge in [-0.15, -0.1) is 0 Å². The van der Waals surface area contributed by atoms with Gasteiger partial charge in [-0.3, -0.25) is 9.59 Å². The van der Waals surface area contributed by atoms with Crippen LogP contribution < -0.4 is 0 Å². The van der Waals surface area contributed by atoms with Gasteiger partial charge in [-0.05, 0) is 85.0 Å². The van der Waals surface area contributed by atoms with Gasteiger partial charge >= 0.3 is 5.97 Å². The Bertz CT molecular complexity index is 2060. The highest BCUT2D eigenvalue weighted by molar-refractivity contribution is 5.80. The molecule has 0 unspecified atom stereocenters. The zero-order chi connectivity index (χ0) is 55.8. The van der Waals surface area contributed by atoms with Crippen LogP contribution in [0.15, 0.2) is 11.6 Å². The molecular weight excluding hydrogens is 1020 g/mol. The Hall–Kier alpha value is -1.92. The molecule has 0 aromatic heterocycles. The second kappa shape index (κ2) is 23.0. The molecule has 0 amide bonds. The normalized spacial score (nSPS) is 53.1. The van der Waals surface area contributed by atoms with Gasteiger partial charge in [0.25, 0.3) is 0 Å². The van der Waals surface area contributed by atoms with Crippen molar-refractivity contribution in [2.24, 2.45) is 22.7 Å². The number of ketones is 1. The Labute approximate surface area is 449 Å². The maximum absolute atomic E-state index is 13.0. The summed E-state index contributed by atoms with van der Waals surface area (Å²) >= 11 is 0. The molecule has 0 radical (unpaired) electrons. The van der Waals surface area contributed by atoms with E-state index >= 15 is 0 Å². The Kier molecular flexibility index (Phi) is 17.9. The molecule has 4 aliphatic carbocycles. The third-order valence-corrected chi connectivity index (χ3v) is 19.5. The molecular formula is C54H86O23. The SMILES string of the molecule is CO[C@@H]1C[C@H](O[C@H]2[C@@H](O)C[C@H](O[C@H]3[C@@H](O)C[C@H](O[C@H]4[C@@H](O)C[C@H](O[C@H]5CC[C@@]6(C)C(=CC[C@]7(O)[C@@H]6C[C@@H](OC(C)=O)[C@]6(C)[C@@H](C(C)=O)CC[C@@]67O)C5)O[C@@H]4C)O[C@@H]3C)O[C@@H]2C)O[C@H](C)[C@H]1O[C@@H]1O[C@H](CO)[C@@H](O)[C@H](O)[C@H]1O. The zero-order valence-electron chi connectivity index (χ0n) is 45.7. The lowest BCUT2D eigenvalue weighted by atomic mass is 9.43. The van der Waals surface area contributed by atoms with Crippen molar-refractivity contribution in [3.05, 3.63) is 11.6 Å². The van der Waals surface area contributed by atoms with Crippen LogP contribution in [0.5, 0.6) is 0 Å². The van der Waals surface area contributed by atoms with Crippen LogP contribution in [0.1, 0.15) is 126 Å². The number of hydrogen-bond donors (Lipinski definition) is 9. The first-order valence-corrected chi connectivity index (χ1v) is 27.8. The fourth-order valence-corrected chi connectivity index (χ4v) is 15.2. The number of Topliss-reactive ketones (excluding diaryl/α,β-unsaturated/α-hetero) is 1. The molecule has 8 fully saturated rings. The lowest BCUT2D eigenvalue weighted by molar-refractivity contribution is -0.357. The minimum absolute atomic E-state index is 0.00203. The fraction of sp³-hybridized carbons (Fsp3) is 0.926. The quantitative estimate of drug-likeness (QED) is 0.0834. The molecule has 0 aromatic carbocycles. The minimum Gasteiger partial charge on any atom is -0.462 e. The second-order valence-corrected chi connectivity index (χ2v) is 24.1. The van der Waals surface area contributed by atoms with Gasteiger partial charge in [0, 0.05) is 57.0 Å². The van der Waals surface area contributed by atoms with E-state index in [0.29, 0.717) is 32.1 Å². The van der Waals surface area contributed by atoms with E-state index in [-0.39, 0.29) is 50.4 Å². The first-order valence-electron chi connectivity index (χ1n) is 27.8. The standard InChI is InChI=1S/C54H86O23/c1-23(56)31-12-15-54(65)52(31,8)38(71-28(6)57)21-37-51(7)13-11-30(16-29(51)10-14-53(37,54)64)72-39-17-32(58)46(24(2)67-39)74-40-18-33(59)47(25(3)68-40)75-41-19-34(60)48(26(4)69-41)76-42-20-35(66-9)49(27(5)70-42)77-50-45(63)44(62)43(61)36(22-55)73-50/h10,24-27,30-50,55,58-65H,11-22H2,1-9H3/t24-,25-,26-,27-,30+,31-,32+,33+,34+,35-,36-,37-,38-,39+,40+,41+,42+,43-,44+,45-,46-,47-,48-,49-,50+,51+,52+,53+,54-/m1/s1. The van der Waals surface area contributed by atoms with Gasteiger partial charge in [0.2, 0.25) is 0 Å². The van der Waals surface area contributed by atoms with E-state index in [1.165, 1.54) is 21.0 Å². The summed E-state index contributed by atoms with van der Waals surface area (Å²) in [5.41, 5.74) is -3.85. The highest BCUT2D eigenvalue weighted by Gasteiger charge is 2.77. The Balaban J connectivity index is 0.736. The van der Waals surface area contributed by atoms with Crippen LogP contribution in [0.25, 0.3) is 0 Å². The van der Waals surface area contributed by atoms with Crippen molar-refractivity contribution in [2.75, 3.05) is 13.7 Å². The molecule has 77 heavy (non-hydrogen) atoms. The lowest BCUT2D eigenvalue weighted by Gasteiger charge is -2.66. The van der Waals surface area contributed by atoms with Gasteiger partial charge in [-0.1, -0.05) is 25.5 Å². The molecule has 0 aromatic rings. The first kappa shape index (κ1) is 59.7. The number of rotatable bonds is 14. The van der Waals surface area contributed by atoms with Gasteiger partial charge in [0.05, 0.1) is 61.5 Å². The maximum Gasteiger partial charge on any atom is 0.302 e. The predicted octanol–water partition coefficient (Wildman–Crippen LogP) is 0.289. The summed E-state index contributed by atoms with van der Waals surface area (Å²) in [6, 6.07) is 0. The van der Waals surface area contributed by atoms with Gasteiger partial charge < -0.3 is 103 Å². The van der Waals surface area contributed by atoms with Crippen LogP contribution in [0.3, 0.4) is 0 Å². The Morgan fingerprint density at radius 1 is 0.649 bits per heavy atom. The summed E-state index contributed by atoms with van der Waals surface area (Å²) in [7, 11) is 1.46. The van der Waals surface area contributed by atoms with Crippen molar-refractivity contribution >= 4 is 11.8 Å². The Morgan fingerprint density at radius 3 is 1.66 bits per heavy atom. The molecule has 5 saturated heterocycles. The summed E-state index contributed by atoms with van der Waals surface area (Å²) < 4.78 is 73.3. The predicted molar refractivity (Wildman–Crippen MR) is 262 cm³/mol. The van der Waals surface area contributed by atoms with E-state index in [1.807, 2.05) is 6.08 Å². The van der Waals surface area contributed by atoms with E-state index in [4.69, 9.17) is 56.8 Å². The molecule has 3 saturated carbocycles. The van der Waals surface area contributed by atoms with Crippen LogP contribution in [0, 0.1) is 22.7 Å². The molecule has 23 nitrogen and oxygen atoms in total.